The van der Waals surface area contributed by atoms with Crippen LogP contribution in [0.1, 0.15) is 36.5 Å². The van der Waals surface area contributed by atoms with Crippen LogP contribution in [0.5, 0.6) is 0 Å². The van der Waals surface area contributed by atoms with Gasteiger partial charge in [-0.1, -0.05) is 6.07 Å². The molecule has 0 atom stereocenters. The van der Waals surface area contributed by atoms with Crippen molar-refractivity contribution < 1.29 is 9.53 Å². The molecule has 0 unspecified atom stereocenters. The molecule has 0 spiro atoms. The van der Waals surface area contributed by atoms with Gasteiger partial charge in [0.25, 0.3) is 0 Å². The lowest BCUT2D eigenvalue weighted by Gasteiger charge is -2.29. The lowest BCUT2D eigenvalue weighted by molar-refractivity contribution is 0.0526. The second kappa shape index (κ2) is 6.87. The van der Waals surface area contributed by atoms with Crippen molar-refractivity contribution >= 4 is 23.1 Å². The SMILES string of the molecule is CCOC(=O)c1cnc(-c2cccs2)nc1N1CCCCC1. The molecular weight excluding hydrogens is 298 g/mol. The predicted octanol–water partition coefficient (Wildman–Crippen LogP) is 3.37. The number of thiophene rings is 1. The Morgan fingerprint density at radius 3 is 2.86 bits per heavy atom. The lowest BCUT2D eigenvalue weighted by Crippen LogP contribution is -2.32. The van der Waals surface area contributed by atoms with Gasteiger partial charge in [0.1, 0.15) is 11.4 Å². The van der Waals surface area contributed by atoms with Crippen molar-refractivity contribution in [3.63, 3.8) is 0 Å². The molecular formula is C16H19N3O2S. The van der Waals surface area contributed by atoms with E-state index in [9.17, 15) is 4.79 Å². The van der Waals surface area contributed by atoms with Gasteiger partial charge in [-0.3, -0.25) is 0 Å². The van der Waals surface area contributed by atoms with Gasteiger partial charge in [0.05, 0.1) is 11.5 Å². The van der Waals surface area contributed by atoms with Crippen LogP contribution >= 0.6 is 11.3 Å². The predicted molar refractivity (Wildman–Crippen MR) is 87.4 cm³/mol. The van der Waals surface area contributed by atoms with Gasteiger partial charge >= 0.3 is 5.97 Å². The van der Waals surface area contributed by atoms with Crippen LogP contribution in [0.15, 0.2) is 23.7 Å². The molecule has 0 saturated carbocycles. The first-order chi connectivity index (χ1) is 10.8. The van der Waals surface area contributed by atoms with Crippen LogP contribution in [-0.2, 0) is 4.74 Å². The van der Waals surface area contributed by atoms with Gasteiger partial charge in [-0.05, 0) is 37.6 Å². The number of hydrogen-bond acceptors (Lipinski definition) is 6. The Kier molecular flexibility index (Phi) is 4.68. The van der Waals surface area contributed by atoms with E-state index in [4.69, 9.17) is 4.74 Å². The van der Waals surface area contributed by atoms with E-state index in [1.54, 1.807) is 24.5 Å². The maximum Gasteiger partial charge on any atom is 0.343 e. The first-order valence-electron chi connectivity index (χ1n) is 7.62. The number of carbonyl (C=O) groups excluding carboxylic acids is 1. The number of ether oxygens (including phenoxy) is 1. The molecule has 5 nitrogen and oxygen atoms in total. The van der Waals surface area contributed by atoms with Crippen molar-refractivity contribution in [1.29, 1.82) is 0 Å². The molecule has 0 N–H and O–H groups in total. The van der Waals surface area contributed by atoms with E-state index in [1.165, 1.54) is 6.42 Å². The summed E-state index contributed by atoms with van der Waals surface area (Å²) >= 11 is 1.60. The van der Waals surface area contributed by atoms with E-state index in [2.05, 4.69) is 14.9 Å². The molecule has 0 bridgehead atoms. The lowest BCUT2D eigenvalue weighted by atomic mass is 10.1. The zero-order chi connectivity index (χ0) is 15.4. The Hall–Kier alpha value is -1.95. The van der Waals surface area contributed by atoms with Gasteiger partial charge in [0, 0.05) is 19.3 Å². The average molecular weight is 317 g/mol. The van der Waals surface area contributed by atoms with Crippen LogP contribution in [0.3, 0.4) is 0 Å². The molecule has 3 rings (SSSR count). The van der Waals surface area contributed by atoms with E-state index in [0.29, 0.717) is 23.8 Å². The summed E-state index contributed by atoms with van der Waals surface area (Å²) in [7, 11) is 0. The zero-order valence-corrected chi connectivity index (χ0v) is 13.4. The van der Waals surface area contributed by atoms with E-state index in [0.717, 1.165) is 30.8 Å². The number of hydrogen-bond donors (Lipinski definition) is 0. The van der Waals surface area contributed by atoms with Crippen molar-refractivity contribution in [2.24, 2.45) is 0 Å². The summed E-state index contributed by atoms with van der Waals surface area (Å²) < 4.78 is 5.15. The molecule has 2 aromatic rings. The quantitative estimate of drug-likeness (QED) is 0.809. The number of anilines is 1. The Labute approximate surface area is 134 Å². The molecule has 1 aliphatic rings. The highest BCUT2D eigenvalue weighted by Crippen LogP contribution is 2.27. The molecule has 0 aliphatic carbocycles. The van der Waals surface area contributed by atoms with Gasteiger partial charge in [0.15, 0.2) is 5.82 Å². The molecule has 3 heterocycles. The molecule has 1 aliphatic heterocycles. The minimum Gasteiger partial charge on any atom is -0.462 e. The maximum absolute atomic E-state index is 12.2. The third-order valence-electron chi connectivity index (χ3n) is 3.66. The molecule has 6 heteroatoms. The third-order valence-corrected chi connectivity index (χ3v) is 4.53. The van der Waals surface area contributed by atoms with Gasteiger partial charge in [-0.15, -0.1) is 11.3 Å². The van der Waals surface area contributed by atoms with Crippen LogP contribution in [-0.4, -0.2) is 35.6 Å². The number of nitrogens with zero attached hydrogens (tertiary/aromatic N) is 3. The van der Waals surface area contributed by atoms with Crippen molar-refractivity contribution in [1.82, 2.24) is 9.97 Å². The van der Waals surface area contributed by atoms with Crippen LogP contribution < -0.4 is 4.90 Å². The molecule has 0 radical (unpaired) electrons. The van der Waals surface area contributed by atoms with Gasteiger partial charge in [0.2, 0.25) is 0 Å². The molecule has 1 fully saturated rings. The van der Waals surface area contributed by atoms with Crippen LogP contribution in [0.25, 0.3) is 10.7 Å². The Morgan fingerprint density at radius 2 is 2.18 bits per heavy atom. The summed E-state index contributed by atoms with van der Waals surface area (Å²) in [6.45, 7) is 4.00. The van der Waals surface area contributed by atoms with Gasteiger partial charge in [-0.25, -0.2) is 14.8 Å². The summed E-state index contributed by atoms with van der Waals surface area (Å²) in [6.07, 6.45) is 5.08. The molecule has 22 heavy (non-hydrogen) atoms. The summed E-state index contributed by atoms with van der Waals surface area (Å²) in [5.41, 5.74) is 0.462. The van der Waals surface area contributed by atoms with Gasteiger partial charge in [-0.2, -0.15) is 0 Å². The number of piperidine rings is 1. The highest BCUT2D eigenvalue weighted by atomic mass is 32.1. The third kappa shape index (κ3) is 3.11. The number of esters is 1. The summed E-state index contributed by atoms with van der Waals surface area (Å²) in [5.74, 6) is 1.03. The van der Waals surface area contributed by atoms with Crippen molar-refractivity contribution in [2.45, 2.75) is 26.2 Å². The normalized spacial score (nSPS) is 14.9. The second-order valence-corrected chi connectivity index (χ2v) is 6.12. The van der Waals surface area contributed by atoms with E-state index in [-0.39, 0.29) is 5.97 Å². The second-order valence-electron chi connectivity index (χ2n) is 5.18. The molecule has 2 aromatic heterocycles. The Morgan fingerprint density at radius 1 is 1.36 bits per heavy atom. The summed E-state index contributed by atoms with van der Waals surface area (Å²) in [5, 5.41) is 2.00. The van der Waals surface area contributed by atoms with E-state index in [1.807, 2.05) is 17.5 Å². The first-order valence-corrected chi connectivity index (χ1v) is 8.50. The fraction of sp³-hybridized carbons (Fsp3) is 0.438. The van der Waals surface area contributed by atoms with Crippen LogP contribution in [0.2, 0.25) is 0 Å². The standard InChI is InChI=1S/C16H19N3O2S/c1-2-21-16(20)12-11-17-14(13-7-6-10-22-13)18-15(12)19-8-4-3-5-9-19/h6-7,10-11H,2-5,8-9H2,1H3. The Balaban J connectivity index is 2.00. The highest BCUT2D eigenvalue weighted by Gasteiger charge is 2.22. The topological polar surface area (TPSA) is 55.3 Å². The van der Waals surface area contributed by atoms with E-state index < -0.39 is 0 Å². The number of rotatable bonds is 4. The maximum atomic E-state index is 12.2. The average Bonchev–Trinajstić information content (AvgIpc) is 3.10. The van der Waals surface area contributed by atoms with Crippen LogP contribution in [0.4, 0.5) is 5.82 Å². The molecule has 1 saturated heterocycles. The van der Waals surface area contributed by atoms with Crippen molar-refractivity contribution in [3.8, 4) is 10.7 Å². The zero-order valence-electron chi connectivity index (χ0n) is 12.6. The fourth-order valence-electron chi connectivity index (χ4n) is 2.60. The van der Waals surface area contributed by atoms with E-state index >= 15 is 0 Å². The summed E-state index contributed by atoms with van der Waals surface area (Å²) in [4.78, 5) is 24.4. The Bertz CT molecular complexity index is 637. The molecule has 0 aromatic carbocycles. The monoisotopic (exact) mass is 317 g/mol. The smallest absolute Gasteiger partial charge is 0.343 e. The first kappa shape index (κ1) is 15.0. The van der Waals surface area contributed by atoms with Crippen molar-refractivity contribution in [2.75, 3.05) is 24.6 Å². The number of carbonyl (C=O) groups is 1. The summed E-state index contributed by atoms with van der Waals surface area (Å²) in [6, 6.07) is 3.97. The van der Waals surface area contributed by atoms with Crippen molar-refractivity contribution in [3.05, 3.63) is 29.3 Å². The minimum absolute atomic E-state index is 0.346. The molecule has 0 amide bonds. The number of aromatic nitrogens is 2. The van der Waals surface area contributed by atoms with Crippen LogP contribution in [0, 0.1) is 0 Å². The minimum atomic E-state index is -0.346. The highest BCUT2D eigenvalue weighted by molar-refractivity contribution is 7.13. The molecule has 116 valence electrons. The van der Waals surface area contributed by atoms with Gasteiger partial charge < -0.3 is 9.64 Å². The largest absolute Gasteiger partial charge is 0.462 e. The fourth-order valence-corrected chi connectivity index (χ4v) is 3.26.